The summed E-state index contributed by atoms with van der Waals surface area (Å²) in [5, 5.41) is 10.3. The van der Waals surface area contributed by atoms with Crippen LogP contribution in [0.4, 0.5) is 0 Å². The van der Waals surface area contributed by atoms with Gasteiger partial charge in [0.25, 0.3) is 0 Å². The van der Waals surface area contributed by atoms with Gasteiger partial charge < -0.3 is 9.52 Å². The molecule has 1 aromatic rings. The average molecular weight is 318 g/mol. The molecule has 128 valence electrons. The molecule has 6 unspecified atom stereocenters. The number of hydrogen-bond acceptors (Lipinski definition) is 3. The minimum Gasteiger partial charge on any atom is -0.472 e. The summed E-state index contributed by atoms with van der Waals surface area (Å²) in [6, 6.07) is 2.04. The number of carbonyl (C=O) groups is 1. The van der Waals surface area contributed by atoms with Crippen LogP contribution in [0.15, 0.2) is 23.0 Å². The third kappa shape index (κ3) is 2.57. The molecule has 2 saturated carbocycles. The van der Waals surface area contributed by atoms with E-state index in [4.69, 9.17) is 4.42 Å². The molecule has 0 saturated heterocycles. The second-order valence-electron chi connectivity index (χ2n) is 8.51. The van der Waals surface area contributed by atoms with Crippen molar-refractivity contribution in [3.8, 4) is 0 Å². The zero-order valence-electron chi connectivity index (χ0n) is 14.8. The summed E-state index contributed by atoms with van der Waals surface area (Å²) < 4.78 is 5.20. The molecule has 1 heterocycles. The van der Waals surface area contributed by atoms with Crippen molar-refractivity contribution in [2.75, 3.05) is 0 Å². The minimum atomic E-state index is -0.776. The van der Waals surface area contributed by atoms with E-state index in [-0.39, 0.29) is 22.5 Å². The normalized spacial score (nSPS) is 44.1. The fourth-order valence-corrected chi connectivity index (χ4v) is 5.41. The smallest absolute Gasteiger partial charge is 0.164 e. The molecule has 2 aliphatic rings. The SMILES string of the molecule is CC1CCC2(C)C(C)C(=O)C(O)CC2C1(C)CCc1ccoc1. The summed E-state index contributed by atoms with van der Waals surface area (Å²) in [7, 11) is 0. The molecule has 0 aliphatic heterocycles. The molecule has 1 aromatic heterocycles. The Bertz CT molecular complexity index is 563. The van der Waals surface area contributed by atoms with Gasteiger partial charge in [-0.2, -0.15) is 0 Å². The molecule has 3 nitrogen and oxygen atoms in total. The molecule has 0 bridgehead atoms. The first-order valence-electron chi connectivity index (χ1n) is 9.02. The van der Waals surface area contributed by atoms with Crippen molar-refractivity contribution in [2.24, 2.45) is 28.6 Å². The van der Waals surface area contributed by atoms with Crippen molar-refractivity contribution in [3.05, 3.63) is 24.2 Å². The van der Waals surface area contributed by atoms with Gasteiger partial charge in [0.1, 0.15) is 6.10 Å². The first-order valence-corrected chi connectivity index (χ1v) is 9.02. The van der Waals surface area contributed by atoms with Crippen LogP contribution < -0.4 is 0 Å². The Labute approximate surface area is 139 Å². The van der Waals surface area contributed by atoms with Crippen molar-refractivity contribution >= 4 is 5.78 Å². The van der Waals surface area contributed by atoms with Gasteiger partial charge in [0.15, 0.2) is 5.78 Å². The number of carbonyl (C=O) groups excluding carboxylic acids is 1. The number of Topliss-reactive ketones (excluding diaryl/α,β-unsaturated/α-hetero) is 1. The van der Waals surface area contributed by atoms with Gasteiger partial charge in [0.2, 0.25) is 0 Å². The number of rotatable bonds is 3. The highest BCUT2D eigenvalue weighted by Gasteiger charge is 2.58. The van der Waals surface area contributed by atoms with Crippen molar-refractivity contribution in [1.82, 2.24) is 0 Å². The Balaban J connectivity index is 1.89. The lowest BCUT2D eigenvalue weighted by atomic mass is 9.44. The van der Waals surface area contributed by atoms with Crippen LogP contribution in [0.25, 0.3) is 0 Å². The van der Waals surface area contributed by atoms with Crippen LogP contribution in [-0.4, -0.2) is 17.0 Å². The molecule has 23 heavy (non-hydrogen) atoms. The van der Waals surface area contributed by atoms with E-state index in [1.807, 2.05) is 19.3 Å². The van der Waals surface area contributed by atoms with Crippen LogP contribution in [0.1, 0.15) is 58.9 Å². The third-order valence-electron chi connectivity index (χ3n) is 7.57. The Hall–Kier alpha value is -1.09. The van der Waals surface area contributed by atoms with E-state index >= 15 is 0 Å². The van der Waals surface area contributed by atoms with E-state index in [1.54, 1.807) is 6.26 Å². The molecule has 1 N–H and O–H groups in total. The fourth-order valence-electron chi connectivity index (χ4n) is 5.41. The Morgan fingerprint density at radius 1 is 1.35 bits per heavy atom. The van der Waals surface area contributed by atoms with Crippen LogP contribution in [-0.2, 0) is 11.2 Å². The van der Waals surface area contributed by atoms with Crippen molar-refractivity contribution in [3.63, 3.8) is 0 Å². The highest BCUT2D eigenvalue weighted by molar-refractivity contribution is 5.86. The average Bonchev–Trinajstić information content (AvgIpc) is 3.04. The maximum atomic E-state index is 12.4. The minimum absolute atomic E-state index is 0.0218. The molecule has 3 heteroatoms. The highest BCUT2D eigenvalue weighted by Crippen LogP contribution is 2.62. The summed E-state index contributed by atoms with van der Waals surface area (Å²) >= 11 is 0. The highest BCUT2D eigenvalue weighted by atomic mass is 16.3. The zero-order chi connectivity index (χ0) is 16.8. The molecule has 0 aromatic carbocycles. The second-order valence-corrected chi connectivity index (χ2v) is 8.51. The molecule has 2 fully saturated rings. The maximum absolute atomic E-state index is 12.4. The summed E-state index contributed by atoms with van der Waals surface area (Å²) in [6.07, 6.45) is 7.77. The molecular weight excluding hydrogens is 288 g/mol. The van der Waals surface area contributed by atoms with Crippen LogP contribution in [0.2, 0.25) is 0 Å². The van der Waals surface area contributed by atoms with Crippen molar-refractivity contribution in [1.29, 1.82) is 0 Å². The molecule has 0 radical (unpaired) electrons. The monoisotopic (exact) mass is 318 g/mol. The number of fused-ring (bicyclic) bond motifs is 1. The molecule has 0 spiro atoms. The van der Waals surface area contributed by atoms with Gasteiger partial charge in [0.05, 0.1) is 12.5 Å². The predicted molar refractivity (Wildman–Crippen MR) is 89.9 cm³/mol. The van der Waals surface area contributed by atoms with Crippen LogP contribution >= 0.6 is 0 Å². The summed E-state index contributed by atoms with van der Waals surface area (Å²) in [5.74, 6) is 1.01. The first kappa shape index (κ1) is 16.8. The zero-order valence-corrected chi connectivity index (χ0v) is 14.8. The van der Waals surface area contributed by atoms with Gasteiger partial charge in [-0.15, -0.1) is 0 Å². The van der Waals surface area contributed by atoms with Crippen LogP contribution in [0, 0.1) is 28.6 Å². The summed E-state index contributed by atoms with van der Waals surface area (Å²) in [6.45, 7) is 9.05. The van der Waals surface area contributed by atoms with E-state index < -0.39 is 6.10 Å². The van der Waals surface area contributed by atoms with Crippen LogP contribution in [0.3, 0.4) is 0 Å². The van der Waals surface area contributed by atoms with Crippen molar-refractivity contribution < 1.29 is 14.3 Å². The molecular formula is C20H30O3. The Morgan fingerprint density at radius 3 is 2.74 bits per heavy atom. The van der Waals surface area contributed by atoms with Gasteiger partial charge in [-0.3, -0.25) is 4.79 Å². The standard InChI is InChI=1S/C20H30O3/c1-13-5-8-20(4)14(2)18(22)16(21)11-17(20)19(13,3)9-6-15-7-10-23-12-15/h7,10,12-14,16-17,21H,5-6,8-9,11H2,1-4H3. The lowest BCUT2D eigenvalue weighted by Gasteiger charge is -2.60. The number of ketones is 1. The fraction of sp³-hybridized carbons (Fsp3) is 0.750. The number of aliphatic hydroxyl groups is 1. The largest absolute Gasteiger partial charge is 0.472 e. The van der Waals surface area contributed by atoms with Gasteiger partial charge in [-0.25, -0.2) is 0 Å². The van der Waals surface area contributed by atoms with Gasteiger partial charge in [-0.05, 0) is 66.4 Å². The van der Waals surface area contributed by atoms with Gasteiger partial charge in [-0.1, -0.05) is 27.7 Å². The van der Waals surface area contributed by atoms with Gasteiger partial charge >= 0.3 is 0 Å². The third-order valence-corrected chi connectivity index (χ3v) is 7.57. The Kier molecular flexibility index (Phi) is 4.20. The lowest BCUT2D eigenvalue weighted by molar-refractivity contribution is -0.164. The summed E-state index contributed by atoms with van der Waals surface area (Å²) in [5.41, 5.74) is 1.42. The van der Waals surface area contributed by atoms with E-state index in [0.29, 0.717) is 18.3 Å². The Morgan fingerprint density at radius 2 is 2.09 bits per heavy atom. The van der Waals surface area contributed by atoms with E-state index in [9.17, 15) is 9.90 Å². The predicted octanol–water partition coefficient (Wildman–Crippen LogP) is 4.24. The lowest BCUT2D eigenvalue weighted by Crippen LogP contribution is -2.58. The van der Waals surface area contributed by atoms with Crippen molar-refractivity contribution in [2.45, 2.75) is 65.9 Å². The van der Waals surface area contributed by atoms with Gasteiger partial charge in [0, 0.05) is 5.92 Å². The molecule has 6 atom stereocenters. The number of hydrogen-bond donors (Lipinski definition) is 1. The van der Waals surface area contributed by atoms with E-state index in [0.717, 1.165) is 19.3 Å². The maximum Gasteiger partial charge on any atom is 0.164 e. The van der Waals surface area contributed by atoms with E-state index in [2.05, 4.69) is 20.8 Å². The molecule has 3 rings (SSSR count). The topological polar surface area (TPSA) is 50.4 Å². The quantitative estimate of drug-likeness (QED) is 0.907. The second kappa shape index (κ2) is 5.77. The molecule has 0 amide bonds. The summed E-state index contributed by atoms with van der Waals surface area (Å²) in [4.78, 5) is 12.4. The molecule has 2 aliphatic carbocycles. The van der Waals surface area contributed by atoms with E-state index in [1.165, 1.54) is 12.0 Å². The van der Waals surface area contributed by atoms with Crippen LogP contribution in [0.5, 0.6) is 0 Å². The number of furan rings is 1. The first-order chi connectivity index (χ1) is 10.8. The number of aryl methyl sites for hydroxylation is 1. The number of aliphatic hydroxyl groups excluding tert-OH is 1.